The number of hydrogen-bond donors (Lipinski definition) is 1. The van der Waals surface area contributed by atoms with Crippen molar-refractivity contribution in [3.63, 3.8) is 0 Å². The van der Waals surface area contributed by atoms with Crippen LogP contribution in [0.4, 0.5) is 5.69 Å². The first-order valence-corrected chi connectivity index (χ1v) is 14.7. The maximum Gasteiger partial charge on any atom is 0.264 e. The van der Waals surface area contributed by atoms with E-state index in [1.807, 2.05) is 20.8 Å². The van der Waals surface area contributed by atoms with Crippen LogP contribution in [0.15, 0.2) is 77.7 Å². The van der Waals surface area contributed by atoms with Crippen molar-refractivity contribution in [2.75, 3.05) is 25.1 Å². The number of carbonyl (C=O) groups is 2. The molecule has 0 unspecified atom stereocenters. The van der Waals surface area contributed by atoms with Crippen molar-refractivity contribution in [3.05, 3.63) is 83.4 Å². The van der Waals surface area contributed by atoms with E-state index in [4.69, 9.17) is 21.1 Å². The Balaban J connectivity index is 2.04. The summed E-state index contributed by atoms with van der Waals surface area (Å²) in [7, 11) is -1.40. The van der Waals surface area contributed by atoms with E-state index in [0.29, 0.717) is 10.8 Å². The molecule has 1 atom stereocenters. The maximum atomic E-state index is 14.0. The molecule has 0 heterocycles. The fraction of sp³-hybridized carbons (Fsp3) is 0.333. The van der Waals surface area contributed by atoms with E-state index in [9.17, 15) is 18.0 Å². The van der Waals surface area contributed by atoms with Crippen molar-refractivity contribution in [2.24, 2.45) is 0 Å². The Kier molecular flexibility index (Phi) is 10.3. The van der Waals surface area contributed by atoms with Crippen LogP contribution in [-0.2, 0) is 26.2 Å². The lowest BCUT2D eigenvalue weighted by Crippen LogP contribution is -2.54. The molecule has 0 radical (unpaired) electrons. The van der Waals surface area contributed by atoms with Gasteiger partial charge in [-0.25, -0.2) is 8.42 Å². The van der Waals surface area contributed by atoms with Gasteiger partial charge >= 0.3 is 0 Å². The van der Waals surface area contributed by atoms with Crippen molar-refractivity contribution in [1.82, 2.24) is 10.2 Å². The molecule has 1 N–H and O–H groups in total. The highest BCUT2D eigenvalue weighted by atomic mass is 35.5. The molecule has 11 heteroatoms. The van der Waals surface area contributed by atoms with Gasteiger partial charge in [0.1, 0.15) is 12.6 Å². The van der Waals surface area contributed by atoms with E-state index in [1.165, 1.54) is 37.3 Å². The van der Waals surface area contributed by atoms with Crippen molar-refractivity contribution < 1.29 is 27.5 Å². The van der Waals surface area contributed by atoms with Gasteiger partial charge in [0.05, 0.1) is 24.8 Å². The number of ether oxygens (including phenoxy) is 2. The van der Waals surface area contributed by atoms with Crippen LogP contribution in [0.2, 0.25) is 5.02 Å². The van der Waals surface area contributed by atoms with Crippen LogP contribution in [0.25, 0.3) is 0 Å². The summed E-state index contributed by atoms with van der Waals surface area (Å²) in [4.78, 5) is 28.4. The molecule has 3 rings (SSSR count). The van der Waals surface area contributed by atoms with Gasteiger partial charge in [-0.15, -0.1) is 0 Å². The van der Waals surface area contributed by atoms with Gasteiger partial charge in [0, 0.05) is 23.2 Å². The first kappa shape index (κ1) is 31.8. The summed E-state index contributed by atoms with van der Waals surface area (Å²) in [6.07, 6.45) is 0. The fourth-order valence-electron chi connectivity index (χ4n) is 4.07. The van der Waals surface area contributed by atoms with Crippen LogP contribution in [0, 0.1) is 0 Å². The average molecular weight is 602 g/mol. The second kappa shape index (κ2) is 13.3. The van der Waals surface area contributed by atoms with Gasteiger partial charge < -0.3 is 19.7 Å². The zero-order valence-corrected chi connectivity index (χ0v) is 25.6. The molecule has 0 spiro atoms. The fourth-order valence-corrected chi connectivity index (χ4v) is 5.63. The third-order valence-electron chi connectivity index (χ3n) is 6.20. The number of methoxy groups -OCH3 is 2. The highest BCUT2D eigenvalue weighted by molar-refractivity contribution is 7.92. The lowest BCUT2D eigenvalue weighted by molar-refractivity contribution is -0.140. The summed E-state index contributed by atoms with van der Waals surface area (Å²) in [5.41, 5.74) is 0.480. The highest BCUT2D eigenvalue weighted by Crippen LogP contribution is 2.32. The Morgan fingerprint density at radius 1 is 0.927 bits per heavy atom. The Bertz CT molecular complexity index is 1460. The second-order valence-electron chi connectivity index (χ2n) is 10.4. The lowest BCUT2D eigenvalue weighted by Gasteiger charge is -2.33. The summed E-state index contributed by atoms with van der Waals surface area (Å²) in [6, 6.07) is 18.5. The number of para-hydroxylation sites is 1. The molecular formula is C30H36ClN3O6S. The minimum Gasteiger partial charge on any atom is -0.493 e. The molecule has 0 saturated carbocycles. The zero-order valence-electron chi connectivity index (χ0n) is 24.0. The van der Waals surface area contributed by atoms with Crippen molar-refractivity contribution in [3.8, 4) is 11.5 Å². The second-order valence-corrected chi connectivity index (χ2v) is 12.7. The number of carbonyl (C=O) groups excluding carboxylic acids is 2. The summed E-state index contributed by atoms with van der Waals surface area (Å²) in [5, 5.41) is 3.43. The first-order valence-electron chi connectivity index (χ1n) is 12.9. The standard InChI is InChI=1S/C30H36ClN3O6S/c1-21(29(36)32-30(2,3)4)33(19-22-12-14-23(31)15-13-22)28(35)20-34(24-10-8-7-9-11-24)41(37,38)25-16-17-26(39-5)27(18-25)40-6/h7-18,21H,19-20H2,1-6H3,(H,32,36)/t21-/m0/s1. The maximum absolute atomic E-state index is 14.0. The third-order valence-corrected chi connectivity index (χ3v) is 8.22. The van der Waals surface area contributed by atoms with Crippen LogP contribution in [-0.4, -0.2) is 57.5 Å². The molecule has 3 aromatic carbocycles. The number of nitrogens with one attached hydrogen (secondary N) is 1. The quantitative estimate of drug-likeness (QED) is 0.336. The van der Waals surface area contributed by atoms with Crippen molar-refractivity contribution >= 4 is 39.1 Å². The smallest absolute Gasteiger partial charge is 0.264 e. The van der Waals surface area contributed by atoms with E-state index < -0.39 is 34.1 Å². The minimum absolute atomic E-state index is 0.0633. The van der Waals surface area contributed by atoms with Gasteiger partial charge in [-0.1, -0.05) is 41.9 Å². The molecule has 9 nitrogen and oxygen atoms in total. The number of anilines is 1. The lowest BCUT2D eigenvalue weighted by atomic mass is 10.1. The minimum atomic E-state index is -4.26. The predicted octanol–water partition coefficient (Wildman–Crippen LogP) is 4.88. The molecule has 0 bridgehead atoms. The Hall–Kier alpha value is -3.76. The number of rotatable bonds is 11. The summed E-state index contributed by atoms with van der Waals surface area (Å²) in [5.74, 6) is -0.343. The molecule has 2 amide bonds. The van der Waals surface area contributed by atoms with E-state index in [-0.39, 0.29) is 28.8 Å². The van der Waals surface area contributed by atoms with Crippen LogP contribution in [0.3, 0.4) is 0 Å². The highest BCUT2D eigenvalue weighted by Gasteiger charge is 2.33. The number of sulfonamides is 1. The van der Waals surface area contributed by atoms with Crippen molar-refractivity contribution in [2.45, 2.75) is 50.7 Å². The van der Waals surface area contributed by atoms with E-state index in [2.05, 4.69) is 5.32 Å². The molecule has 0 aliphatic heterocycles. The number of nitrogens with zero attached hydrogens (tertiary/aromatic N) is 2. The molecule has 0 saturated heterocycles. The summed E-state index contributed by atoms with van der Waals surface area (Å²) >= 11 is 6.05. The van der Waals surface area contributed by atoms with Gasteiger partial charge in [-0.3, -0.25) is 13.9 Å². The Morgan fingerprint density at radius 2 is 1.54 bits per heavy atom. The van der Waals surface area contributed by atoms with Gasteiger partial charge in [-0.2, -0.15) is 0 Å². The van der Waals surface area contributed by atoms with Crippen LogP contribution in [0.5, 0.6) is 11.5 Å². The largest absolute Gasteiger partial charge is 0.493 e. The monoisotopic (exact) mass is 601 g/mol. The molecule has 41 heavy (non-hydrogen) atoms. The number of halogens is 1. The number of hydrogen-bond acceptors (Lipinski definition) is 6. The number of benzene rings is 3. The van der Waals surface area contributed by atoms with Gasteiger partial charge in [-0.05, 0) is 69.7 Å². The van der Waals surface area contributed by atoms with Crippen LogP contribution >= 0.6 is 11.6 Å². The Morgan fingerprint density at radius 3 is 2.10 bits per heavy atom. The molecular weight excluding hydrogens is 566 g/mol. The normalized spacial score (nSPS) is 12.3. The van der Waals surface area contributed by atoms with E-state index >= 15 is 0 Å². The Labute approximate surface area is 247 Å². The third kappa shape index (κ3) is 8.14. The van der Waals surface area contributed by atoms with E-state index in [0.717, 1.165) is 9.87 Å². The SMILES string of the molecule is COc1ccc(S(=O)(=O)N(CC(=O)N(Cc2ccc(Cl)cc2)[C@@H](C)C(=O)NC(C)(C)C)c2ccccc2)cc1OC. The van der Waals surface area contributed by atoms with E-state index in [1.54, 1.807) is 61.5 Å². The van der Waals surface area contributed by atoms with Gasteiger partial charge in [0.15, 0.2) is 11.5 Å². The topological polar surface area (TPSA) is 105 Å². The molecule has 0 fully saturated rings. The first-order chi connectivity index (χ1) is 19.3. The summed E-state index contributed by atoms with van der Waals surface area (Å²) in [6.45, 7) is 6.65. The zero-order chi connectivity index (χ0) is 30.4. The predicted molar refractivity (Wildman–Crippen MR) is 160 cm³/mol. The van der Waals surface area contributed by atoms with Crippen molar-refractivity contribution in [1.29, 1.82) is 0 Å². The molecule has 0 aliphatic carbocycles. The van der Waals surface area contributed by atoms with Gasteiger partial charge in [0.2, 0.25) is 11.8 Å². The molecule has 3 aromatic rings. The molecule has 220 valence electrons. The average Bonchev–Trinajstić information content (AvgIpc) is 2.94. The van der Waals surface area contributed by atoms with Crippen LogP contribution < -0.4 is 19.1 Å². The van der Waals surface area contributed by atoms with Gasteiger partial charge in [0.25, 0.3) is 10.0 Å². The summed E-state index contributed by atoms with van der Waals surface area (Å²) < 4.78 is 39.6. The number of amides is 2. The molecule has 0 aromatic heterocycles. The molecule has 0 aliphatic rings. The van der Waals surface area contributed by atoms with Crippen LogP contribution in [0.1, 0.15) is 33.3 Å².